The van der Waals surface area contributed by atoms with Crippen LogP contribution in [0, 0.1) is 0 Å². The second-order valence-corrected chi connectivity index (χ2v) is 5.49. The standard InChI is InChI=1S/C17H15BrN2O3/c1-22-12-4-6-16(11(7-12)9-18)20-10-19-15-5-3-13(23-2)8-14(15)17(20)21/h3-8,10H,9H2,1-2H3. The van der Waals surface area contributed by atoms with Gasteiger partial charge in [0.15, 0.2) is 0 Å². The van der Waals surface area contributed by atoms with E-state index in [1.165, 1.54) is 4.57 Å². The predicted octanol–water partition coefficient (Wildman–Crippen LogP) is 3.30. The molecule has 0 amide bonds. The zero-order valence-corrected chi connectivity index (χ0v) is 14.3. The van der Waals surface area contributed by atoms with Crippen LogP contribution in [0.2, 0.25) is 0 Å². The predicted molar refractivity (Wildman–Crippen MR) is 93.1 cm³/mol. The molecule has 0 spiro atoms. The summed E-state index contributed by atoms with van der Waals surface area (Å²) in [5.41, 5.74) is 2.21. The van der Waals surface area contributed by atoms with Gasteiger partial charge in [0, 0.05) is 5.33 Å². The molecule has 3 aromatic rings. The van der Waals surface area contributed by atoms with Gasteiger partial charge in [-0.05, 0) is 42.0 Å². The fraction of sp³-hybridized carbons (Fsp3) is 0.176. The van der Waals surface area contributed by atoms with Gasteiger partial charge in [-0.25, -0.2) is 4.98 Å². The van der Waals surface area contributed by atoms with Crippen LogP contribution in [-0.2, 0) is 5.33 Å². The Morgan fingerprint density at radius 3 is 2.48 bits per heavy atom. The zero-order chi connectivity index (χ0) is 16.4. The Balaban J connectivity index is 2.24. The van der Waals surface area contributed by atoms with E-state index < -0.39 is 0 Å². The van der Waals surface area contributed by atoms with E-state index in [-0.39, 0.29) is 5.56 Å². The third-order valence-corrected chi connectivity index (χ3v) is 4.26. The highest BCUT2D eigenvalue weighted by Crippen LogP contribution is 2.23. The number of benzene rings is 2. The molecule has 0 fully saturated rings. The van der Waals surface area contributed by atoms with Crippen molar-refractivity contribution in [1.82, 2.24) is 9.55 Å². The molecule has 2 aromatic carbocycles. The first-order valence-corrected chi connectivity index (χ1v) is 8.08. The third-order valence-electron chi connectivity index (χ3n) is 3.66. The lowest BCUT2D eigenvalue weighted by Gasteiger charge is -2.12. The molecule has 0 aliphatic heterocycles. The van der Waals surface area contributed by atoms with Crippen LogP contribution in [0.4, 0.5) is 0 Å². The number of ether oxygens (including phenoxy) is 2. The molecule has 0 atom stereocenters. The normalized spacial score (nSPS) is 10.7. The van der Waals surface area contributed by atoms with Crippen LogP contribution < -0.4 is 15.0 Å². The van der Waals surface area contributed by atoms with Crippen molar-refractivity contribution in [2.24, 2.45) is 0 Å². The van der Waals surface area contributed by atoms with Crippen molar-refractivity contribution in [3.8, 4) is 17.2 Å². The summed E-state index contributed by atoms with van der Waals surface area (Å²) in [7, 11) is 3.19. The quantitative estimate of drug-likeness (QED) is 0.657. The molecule has 5 nitrogen and oxygen atoms in total. The van der Waals surface area contributed by atoms with Gasteiger partial charge < -0.3 is 9.47 Å². The Morgan fingerprint density at radius 1 is 1.09 bits per heavy atom. The molecule has 3 rings (SSSR count). The number of fused-ring (bicyclic) bond motifs is 1. The van der Waals surface area contributed by atoms with E-state index in [9.17, 15) is 4.79 Å². The summed E-state index contributed by atoms with van der Waals surface area (Å²) in [6.45, 7) is 0. The minimum Gasteiger partial charge on any atom is -0.497 e. The summed E-state index contributed by atoms with van der Waals surface area (Å²) in [5.74, 6) is 1.37. The van der Waals surface area contributed by atoms with E-state index in [1.807, 2.05) is 18.2 Å². The maximum absolute atomic E-state index is 12.8. The molecule has 0 N–H and O–H groups in total. The lowest BCUT2D eigenvalue weighted by molar-refractivity contribution is 0.414. The molecule has 0 radical (unpaired) electrons. The number of rotatable bonds is 4. The Morgan fingerprint density at radius 2 is 1.78 bits per heavy atom. The lowest BCUT2D eigenvalue weighted by atomic mass is 10.1. The highest BCUT2D eigenvalue weighted by atomic mass is 79.9. The van der Waals surface area contributed by atoms with Gasteiger partial charge in [-0.1, -0.05) is 15.9 Å². The SMILES string of the molecule is COc1ccc(-n2cnc3ccc(OC)cc3c2=O)c(CBr)c1. The van der Waals surface area contributed by atoms with Crippen molar-refractivity contribution in [1.29, 1.82) is 0 Å². The van der Waals surface area contributed by atoms with Gasteiger partial charge >= 0.3 is 0 Å². The summed E-state index contributed by atoms with van der Waals surface area (Å²) < 4.78 is 12.0. The summed E-state index contributed by atoms with van der Waals surface area (Å²) in [6.07, 6.45) is 1.55. The first-order valence-electron chi connectivity index (χ1n) is 6.96. The second-order valence-electron chi connectivity index (χ2n) is 4.93. The maximum atomic E-state index is 12.8. The molecule has 0 aliphatic carbocycles. The molecule has 0 unspecified atom stereocenters. The fourth-order valence-corrected chi connectivity index (χ4v) is 2.88. The molecular weight excluding hydrogens is 360 g/mol. The van der Waals surface area contributed by atoms with E-state index in [0.717, 1.165) is 17.0 Å². The molecule has 23 heavy (non-hydrogen) atoms. The topological polar surface area (TPSA) is 53.4 Å². The summed E-state index contributed by atoms with van der Waals surface area (Å²) in [4.78, 5) is 17.2. The zero-order valence-electron chi connectivity index (χ0n) is 12.7. The number of alkyl halides is 1. The van der Waals surface area contributed by atoms with Crippen LogP contribution in [0.1, 0.15) is 5.56 Å². The Labute approximate surface area is 141 Å². The third kappa shape index (κ3) is 2.82. The van der Waals surface area contributed by atoms with Gasteiger partial charge in [0.05, 0.1) is 30.8 Å². The average molecular weight is 375 g/mol. The molecule has 0 saturated carbocycles. The van der Waals surface area contributed by atoms with Gasteiger partial charge in [0.1, 0.15) is 17.8 Å². The summed E-state index contributed by atoms with van der Waals surface area (Å²) in [5, 5.41) is 1.12. The monoisotopic (exact) mass is 374 g/mol. The number of nitrogens with zero attached hydrogens (tertiary/aromatic N) is 2. The fourth-order valence-electron chi connectivity index (χ4n) is 2.43. The van der Waals surface area contributed by atoms with E-state index in [1.54, 1.807) is 38.7 Å². The highest BCUT2D eigenvalue weighted by Gasteiger charge is 2.11. The number of hydrogen-bond acceptors (Lipinski definition) is 4. The van der Waals surface area contributed by atoms with Gasteiger partial charge in [-0.15, -0.1) is 0 Å². The average Bonchev–Trinajstić information content (AvgIpc) is 2.61. The van der Waals surface area contributed by atoms with Gasteiger partial charge in [-0.3, -0.25) is 9.36 Å². The van der Waals surface area contributed by atoms with Gasteiger partial charge in [0.25, 0.3) is 5.56 Å². The lowest BCUT2D eigenvalue weighted by Crippen LogP contribution is -2.20. The summed E-state index contributed by atoms with van der Waals surface area (Å²) >= 11 is 3.45. The minimum atomic E-state index is -0.138. The maximum Gasteiger partial charge on any atom is 0.265 e. The van der Waals surface area contributed by atoms with Crippen molar-refractivity contribution in [3.05, 3.63) is 58.6 Å². The van der Waals surface area contributed by atoms with Gasteiger partial charge in [0.2, 0.25) is 0 Å². The number of halogens is 1. The van der Waals surface area contributed by atoms with Crippen molar-refractivity contribution in [3.63, 3.8) is 0 Å². The number of methoxy groups -OCH3 is 2. The van der Waals surface area contributed by atoms with Crippen LogP contribution >= 0.6 is 15.9 Å². The van der Waals surface area contributed by atoms with Crippen LogP contribution in [-0.4, -0.2) is 23.8 Å². The van der Waals surface area contributed by atoms with Crippen LogP contribution in [0.15, 0.2) is 47.5 Å². The van der Waals surface area contributed by atoms with E-state index >= 15 is 0 Å². The van der Waals surface area contributed by atoms with Crippen molar-refractivity contribution in [2.75, 3.05) is 14.2 Å². The van der Waals surface area contributed by atoms with Crippen molar-refractivity contribution < 1.29 is 9.47 Å². The van der Waals surface area contributed by atoms with E-state index in [0.29, 0.717) is 22.0 Å². The Bertz CT molecular complexity index is 921. The molecule has 6 heteroatoms. The van der Waals surface area contributed by atoms with E-state index in [4.69, 9.17) is 9.47 Å². The molecule has 0 aliphatic rings. The Hall–Kier alpha value is -2.34. The first kappa shape index (κ1) is 15.6. The first-order chi connectivity index (χ1) is 11.2. The van der Waals surface area contributed by atoms with Gasteiger partial charge in [-0.2, -0.15) is 0 Å². The van der Waals surface area contributed by atoms with Crippen molar-refractivity contribution in [2.45, 2.75) is 5.33 Å². The molecular formula is C17H15BrN2O3. The molecule has 118 valence electrons. The van der Waals surface area contributed by atoms with Crippen LogP contribution in [0.5, 0.6) is 11.5 Å². The Kier molecular flexibility index (Phi) is 4.34. The van der Waals surface area contributed by atoms with E-state index in [2.05, 4.69) is 20.9 Å². The van der Waals surface area contributed by atoms with Crippen LogP contribution in [0.3, 0.4) is 0 Å². The molecule has 1 aromatic heterocycles. The molecule has 0 bridgehead atoms. The highest BCUT2D eigenvalue weighted by molar-refractivity contribution is 9.08. The minimum absolute atomic E-state index is 0.138. The number of hydrogen-bond donors (Lipinski definition) is 0. The number of aromatic nitrogens is 2. The summed E-state index contributed by atoms with van der Waals surface area (Å²) in [6, 6.07) is 10.8. The van der Waals surface area contributed by atoms with Crippen molar-refractivity contribution >= 4 is 26.8 Å². The van der Waals surface area contributed by atoms with Crippen LogP contribution in [0.25, 0.3) is 16.6 Å². The second kappa shape index (κ2) is 6.42. The molecule has 1 heterocycles. The molecule has 0 saturated heterocycles. The smallest absolute Gasteiger partial charge is 0.265 e. The largest absolute Gasteiger partial charge is 0.497 e.